The third-order valence-corrected chi connectivity index (χ3v) is 8.41. The second-order valence-corrected chi connectivity index (χ2v) is 10.5. The molecule has 2 heterocycles. The highest BCUT2D eigenvalue weighted by molar-refractivity contribution is 7.89. The molecule has 2 saturated heterocycles. The first-order valence-electron chi connectivity index (χ1n) is 10.8. The second kappa shape index (κ2) is 9.55. The molecule has 0 spiro atoms. The van der Waals surface area contributed by atoms with Crippen LogP contribution < -0.4 is 15.1 Å². The Morgan fingerprint density at radius 3 is 2.34 bits per heavy atom. The van der Waals surface area contributed by atoms with Crippen molar-refractivity contribution in [3.63, 3.8) is 0 Å². The van der Waals surface area contributed by atoms with Crippen LogP contribution in [0.3, 0.4) is 0 Å². The molecule has 1 amide bonds. The van der Waals surface area contributed by atoms with E-state index in [4.69, 9.17) is 0 Å². The van der Waals surface area contributed by atoms with E-state index in [1.165, 1.54) is 0 Å². The van der Waals surface area contributed by atoms with Crippen LogP contribution >= 0.6 is 0 Å². The van der Waals surface area contributed by atoms with Crippen LogP contribution in [0.2, 0.25) is 0 Å². The van der Waals surface area contributed by atoms with Gasteiger partial charge in [0.25, 0.3) is 5.91 Å². The van der Waals surface area contributed by atoms with Gasteiger partial charge in [0, 0.05) is 18.9 Å². The predicted octanol–water partition coefficient (Wildman–Crippen LogP) is -1.62. The largest absolute Gasteiger partial charge is 0.348 e. The molecule has 2 aliphatic heterocycles. The quantitative estimate of drug-likeness (QED) is 0.514. The molecule has 0 bridgehead atoms. The number of nitrogens with zero attached hydrogens (tertiary/aromatic N) is 1. The van der Waals surface area contributed by atoms with Gasteiger partial charge in [-0.1, -0.05) is 17.7 Å². The number of quaternary nitrogens is 2. The van der Waals surface area contributed by atoms with Crippen LogP contribution in [0.5, 0.6) is 0 Å². The Kier molecular flexibility index (Phi) is 7.32. The molecule has 2 aliphatic rings. The standard InChI is InChI=1S/C21H34N4O3S/c1-4-23-9-7-19(8-10-23)22-21(26)16-24-11-13-25(14-12-24)29(27,28)20-6-5-17(2)15-18(20)3/h5-6,15,19H,4,7-14,16H2,1-3H3,(H,22,26)/p+2. The number of carbonyl (C=O) groups excluding carboxylic acids is 1. The first kappa shape index (κ1) is 22.2. The summed E-state index contributed by atoms with van der Waals surface area (Å²) in [5, 5.41) is 3.19. The van der Waals surface area contributed by atoms with Crippen molar-refractivity contribution in [1.29, 1.82) is 0 Å². The Labute approximate surface area is 175 Å². The van der Waals surface area contributed by atoms with Crippen molar-refractivity contribution in [2.24, 2.45) is 0 Å². The van der Waals surface area contributed by atoms with E-state index in [0.717, 1.165) is 48.5 Å². The Bertz CT molecular complexity index is 811. The Morgan fingerprint density at radius 1 is 1.10 bits per heavy atom. The first-order valence-corrected chi connectivity index (χ1v) is 12.3. The van der Waals surface area contributed by atoms with Crippen LogP contribution in [0.4, 0.5) is 0 Å². The molecule has 8 heteroatoms. The Balaban J connectivity index is 1.48. The molecule has 1 aromatic carbocycles. The minimum atomic E-state index is -3.47. The topological polar surface area (TPSA) is 75.4 Å². The number of benzene rings is 1. The maximum Gasteiger partial charge on any atom is 0.275 e. The number of hydrogen-bond donors (Lipinski definition) is 3. The molecule has 0 atom stereocenters. The normalized spacial score (nSPS) is 24.4. The fourth-order valence-electron chi connectivity index (χ4n) is 4.48. The summed E-state index contributed by atoms with van der Waals surface area (Å²) in [6.07, 6.45) is 2.10. The molecule has 0 unspecified atom stereocenters. The summed E-state index contributed by atoms with van der Waals surface area (Å²) < 4.78 is 27.6. The lowest BCUT2D eigenvalue weighted by molar-refractivity contribution is -0.903. The van der Waals surface area contributed by atoms with E-state index >= 15 is 0 Å². The summed E-state index contributed by atoms with van der Waals surface area (Å²) in [4.78, 5) is 15.6. The van der Waals surface area contributed by atoms with Gasteiger partial charge in [0.05, 0.1) is 50.7 Å². The molecule has 162 valence electrons. The Hall–Kier alpha value is -1.48. The van der Waals surface area contributed by atoms with Gasteiger partial charge in [0.1, 0.15) is 0 Å². The highest BCUT2D eigenvalue weighted by Crippen LogP contribution is 2.20. The lowest BCUT2D eigenvalue weighted by Gasteiger charge is -2.32. The SMILES string of the molecule is CC[NH+]1CCC(NC(=O)C[NH+]2CCN(S(=O)(=O)c3ccc(C)cc3C)CC2)CC1. The van der Waals surface area contributed by atoms with Gasteiger partial charge in [-0.05, 0) is 32.4 Å². The predicted molar refractivity (Wildman–Crippen MR) is 113 cm³/mol. The first-order chi connectivity index (χ1) is 13.8. The zero-order chi connectivity index (χ0) is 21.0. The van der Waals surface area contributed by atoms with Crippen molar-refractivity contribution >= 4 is 15.9 Å². The van der Waals surface area contributed by atoms with Crippen molar-refractivity contribution in [3.8, 4) is 0 Å². The molecular weight excluding hydrogens is 388 g/mol. The monoisotopic (exact) mass is 424 g/mol. The molecule has 3 N–H and O–H groups in total. The third kappa shape index (κ3) is 5.57. The van der Waals surface area contributed by atoms with E-state index in [1.807, 2.05) is 26.0 Å². The van der Waals surface area contributed by atoms with Gasteiger partial charge >= 0.3 is 0 Å². The maximum absolute atomic E-state index is 13.0. The van der Waals surface area contributed by atoms with Crippen molar-refractivity contribution in [1.82, 2.24) is 9.62 Å². The van der Waals surface area contributed by atoms with E-state index < -0.39 is 10.0 Å². The summed E-state index contributed by atoms with van der Waals surface area (Å²) in [5.74, 6) is 0.0932. The highest BCUT2D eigenvalue weighted by Gasteiger charge is 2.32. The number of piperidine rings is 1. The van der Waals surface area contributed by atoms with E-state index in [9.17, 15) is 13.2 Å². The molecule has 3 rings (SSSR count). The smallest absolute Gasteiger partial charge is 0.275 e. The zero-order valence-corrected chi connectivity index (χ0v) is 18.8. The minimum Gasteiger partial charge on any atom is -0.348 e. The van der Waals surface area contributed by atoms with Gasteiger partial charge in [-0.2, -0.15) is 4.31 Å². The fourth-order valence-corrected chi connectivity index (χ4v) is 6.12. The van der Waals surface area contributed by atoms with E-state index in [1.54, 1.807) is 15.3 Å². The summed E-state index contributed by atoms with van der Waals surface area (Å²) in [6.45, 7) is 12.1. The molecule has 0 saturated carbocycles. The molecule has 29 heavy (non-hydrogen) atoms. The number of sulfonamides is 1. The fraction of sp³-hybridized carbons (Fsp3) is 0.667. The second-order valence-electron chi connectivity index (χ2n) is 8.55. The van der Waals surface area contributed by atoms with E-state index in [2.05, 4.69) is 12.2 Å². The van der Waals surface area contributed by atoms with Crippen molar-refractivity contribution in [2.45, 2.75) is 44.6 Å². The lowest BCUT2D eigenvalue weighted by atomic mass is 10.1. The molecule has 2 fully saturated rings. The lowest BCUT2D eigenvalue weighted by Crippen LogP contribution is -3.16. The molecular formula is C21H36N4O3S+2. The molecule has 0 aromatic heterocycles. The number of rotatable bonds is 6. The van der Waals surface area contributed by atoms with Crippen LogP contribution in [-0.4, -0.2) is 77.0 Å². The summed E-state index contributed by atoms with van der Waals surface area (Å²) in [7, 11) is -3.47. The summed E-state index contributed by atoms with van der Waals surface area (Å²) in [5.41, 5.74) is 1.85. The molecule has 0 aliphatic carbocycles. The van der Waals surface area contributed by atoms with Crippen LogP contribution in [0.25, 0.3) is 0 Å². The van der Waals surface area contributed by atoms with E-state index in [0.29, 0.717) is 43.7 Å². The minimum absolute atomic E-state index is 0.0932. The van der Waals surface area contributed by atoms with Gasteiger partial charge in [-0.3, -0.25) is 4.79 Å². The number of likely N-dealkylation sites (tertiary alicyclic amines) is 1. The zero-order valence-electron chi connectivity index (χ0n) is 18.0. The number of amides is 1. The van der Waals surface area contributed by atoms with Gasteiger partial charge in [0.15, 0.2) is 6.54 Å². The van der Waals surface area contributed by atoms with Gasteiger partial charge < -0.3 is 15.1 Å². The molecule has 0 radical (unpaired) electrons. The van der Waals surface area contributed by atoms with Crippen molar-refractivity contribution < 1.29 is 23.0 Å². The average molecular weight is 425 g/mol. The maximum atomic E-state index is 13.0. The van der Waals surface area contributed by atoms with E-state index in [-0.39, 0.29) is 5.91 Å². The number of nitrogens with one attached hydrogen (secondary N) is 3. The number of piperazine rings is 1. The number of carbonyl (C=O) groups is 1. The van der Waals surface area contributed by atoms with Crippen LogP contribution in [-0.2, 0) is 14.8 Å². The van der Waals surface area contributed by atoms with Crippen molar-refractivity contribution in [3.05, 3.63) is 29.3 Å². The number of hydrogen-bond acceptors (Lipinski definition) is 3. The van der Waals surface area contributed by atoms with Crippen LogP contribution in [0.15, 0.2) is 23.1 Å². The highest BCUT2D eigenvalue weighted by atomic mass is 32.2. The van der Waals surface area contributed by atoms with Gasteiger partial charge in [-0.15, -0.1) is 0 Å². The summed E-state index contributed by atoms with van der Waals surface area (Å²) >= 11 is 0. The van der Waals surface area contributed by atoms with Crippen LogP contribution in [0.1, 0.15) is 30.9 Å². The van der Waals surface area contributed by atoms with Crippen molar-refractivity contribution in [2.75, 3.05) is 52.4 Å². The molecule has 7 nitrogen and oxygen atoms in total. The number of aryl methyl sites for hydroxylation is 2. The third-order valence-electron chi connectivity index (χ3n) is 6.35. The average Bonchev–Trinajstić information content (AvgIpc) is 2.68. The Morgan fingerprint density at radius 2 is 1.76 bits per heavy atom. The molecule has 1 aromatic rings. The van der Waals surface area contributed by atoms with Gasteiger partial charge in [0.2, 0.25) is 10.0 Å². The van der Waals surface area contributed by atoms with Crippen LogP contribution in [0, 0.1) is 13.8 Å². The van der Waals surface area contributed by atoms with Gasteiger partial charge in [-0.25, -0.2) is 8.42 Å². The summed E-state index contributed by atoms with van der Waals surface area (Å²) in [6, 6.07) is 5.75.